The molecule has 2 unspecified atom stereocenters. The quantitative estimate of drug-likeness (QED) is 0.383. The topological polar surface area (TPSA) is 137 Å². The predicted octanol–water partition coefficient (Wildman–Crippen LogP) is -1.24. The summed E-state index contributed by atoms with van der Waals surface area (Å²) in [6.07, 6.45) is -2.16. The minimum atomic E-state index is -3.96. The van der Waals surface area contributed by atoms with Gasteiger partial charge in [0.2, 0.25) is 15.9 Å². The van der Waals surface area contributed by atoms with Crippen LogP contribution in [0.1, 0.15) is 11.1 Å². The number of sulfonamides is 1. The van der Waals surface area contributed by atoms with Crippen molar-refractivity contribution in [3.63, 3.8) is 0 Å². The van der Waals surface area contributed by atoms with E-state index >= 15 is 0 Å². The highest BCUT2D eigenvalue weighted by Crippen LogP contribution is 2.29. The number of quaternary nitrogens is 1. The van der Waals surface area contributed by atoms with Crippen molar-refractivity contribution in [1.82, 2.24) is 15.9 Å². The van der Waals surface area contributed by atoms with Gasteiger partial charge in [0.05, 0.1) is 16.6 Å². The van der Waals surface area contributed by atoms with Crippen molar-refractivity contribution in [2.24, 2.45) is 10.2 Å². The van der Waals surface area contributed by atoms with Gasteiger partial charge >= 0.3 is 0 Å². The van der Waals surface area contributed by atoms with Crippen LogP contribution in [0.2, 0.25) is 0 Å². The summed E-state index contributed by atoms with van der Waals surface area (Å²) in [4.78, 5) is 1.83. The average Bonchev–Trinajstić information content (AvgIpc) is 3.31. The number of nitrogens with one attached hydrogen (secondary N) is 2. The first-order valence-electron chi connectivity index (χ1n) is 9.04. The Bertz CT molecular complexity index is 1030. The van der Waals surface area contributed by atoms with Crippen LogP contribution in [0.15, 0.2) is 52.5 Å². The van der Waals surface area contributed by atoms with Gasteiger partial charge in [-0.25, -0.2) is 17.9 Å². The Kier molecular flexibility index (Phi) is 5.34. The summed E-state index contributed by atoms with van der Waals surface area (Å²) in [6, 6.07) is 12.4. The molecule has 0 saturated carbocycles. The molecule has 0 aliphatic carbocycles. The summed E-state index contributed by atoms with van der Waals surface area (Å²) in [5.74, 6) is 0.355. The molecule has 2 aliphatic heterocycles. The Morgan fingerprint density at radius 3 is 2.59 bits per heavy atom. The van der Waals surface area contributed by atoms with Gasteiger partial charge in [0, 0.05) is 19.6 Å². The van der Waals surface area contributed by atoms with Gasteiger partial charge in [0.15, 0.2) is 0 Å². The second-order valence-electron chi connectivity index (χ2n) is 7.07. The van der Waals surface area contributed by atoms with E-state index in [0.717, 1.165) is 11.1 Å². The van der Waals surface area contributed by atoms with Crippen LogP contribution in [0.25, 0.3) is 11.1 Å². The molecule has 9 nitrogen and oxygen atoms in total. The van der Waals surface area contributed by atoms with Crippen LogP contribution in [0.4, 0.5) is 4.39 Å². The number of β-amino-alcohol motifs (C(OH)–C–C–N with tert-alkyl or cyclic N) is 1. The van der Waals surface area contributed by atoms with E-state index < -0.39 is 22.3 Å². The molecule has 2 aliphatic rings. The van der Waals surface area contributed by atoms with E-state index in [-0.39, 0.29) is 11.4 Å². The van der Waals surface area contributed by atoms with Crippen molar-refractivity contribution in [2.45, 2.75) is 23.7 Å². The van der Waals surface area contributed by atoms with Crippen molar-refractivity contribution in [1.29, 1.82) is 0 Å². The highest BCUT2D eigenvalue weighted by molar-refractivity contribution is 7.89. The van der Waals surface area contributed by atoms with Gasteiger partial charge < -0.3 is 5.11 Å². The number of hydrogen-bond donors (Lipinski definition) is 5. The molecule has 2 atom stereocenters. The molecule has 0 radical (unpaired) electrons. The van der Waals surface area contributed by atoms with Crippen LogP contribution >= 0.6 is 0 Å². The first kappa shape index (κ1) is 19.9. The van der Waals surface area contributed by atoms with Crippen LogP contribution in [0.3, 0.4) is 0 Å². The molecule has 154 valence electrons. The minimum Gasteiger partial charge on any atom is -0.389 e. The molecule has 0 aromatic heterocycles. The zero-order valence-electron chi connectivity index (χ0n) is 15.4. The molecule has 2 aromatic carbocycles. The molecule has 1 saturated heterocycles. The fourth-order valence-corrected chi connectivity index (χ4v) is 4.37. The molecule has 0 amide bonds. The lowest BCUT2D eigenvalue weighted by Crippen LogP contribution is -2.87. The molecule has 1 fully saturated rings. The second kappa shape index (κ2) is 7.78. The number of hydrogen-bond acceptors (Lipinski definition) is 7. The largest absolute Gasteiger partial charge is 0.389 e. The van der Waals surface area contributed by atoms with Gasteiger partial charge in [-0.3, -0.25) is 10.3 Å². The highest BCUT2D eigenvalue weighted by Gasteiger charge is 2.31. The number of amidine groups is 1. The number of nitrogens with two attached hydrogens (primary N) is 2. The Hall–Kier alpha value is -2.41. The summed E-state index contributed by atoms with van der Waals surface area (Å²) < 4.78 is 37.7. The Morgan fingerprint density at radius 2 is 2.00 bits per heavy atom. The summed E-state index contributed by atoms with van der Waals surface area (Å²) in [5.41, 5.74) is 9.75. The van der Waals surface area contributed by atoms with E-state index in [0.29, 0.717) is 30.1 Å². The summed E-state index contributed by atoms with van der Waals surface area (Å²) in [5, 5.41) is 19.1. The van der Waals surface area contributed by atoms with Crippen molar-refractivity contribution in [3.05, 3.63) is 53.6 Å². The molecule has 2 heterocycles. The summed E-state index contributed by atoms with van der Waals surface area (Å²) in [7, 11) is -3.96. The third-order valence-corrected chi connectivity index (χ3v) is 5.94. The zero-order chi connectivity index (χ0) is 20.6. The number of rotatable bonds is 5. The lowest BCUT2D eigenvalue weighted by Gasteiger charge is -2.16. The monoisotopic (exact) mass is 421 g/mol. The van der Waals surface area contributed by atoms with Gasteiger partial charge in [-0.05, 0) is 27.9 Å². The van der Waals surface area contributed by atoms with E-state index in [9.17, 15) is 17.9 Å². The third-order valence-electron chi connectivity index (χ3n) is 4.98. The molecule has 0 bridgehead atoms. The van der Waals surface area contributed by atoms with Gasteiger partial charge in [-0.15, -0.1) is 5.53 Å². The maximum Gasteiger partial charge on any atom is 0.238 e. The SMILES string of the molecule is NS(=O)(=O)c1cccc(-c2ccc(CN3CC(O)C(F)C3)cc2)c1C1=N[NH2+]NN1. The molecule has 29 heavy (non-hydrogen) atoms. The number of aliphatic hydroxyl groups excluding tert-OH is 1. The number of benzene rings is 2. The van der Waals surface area contributed by atoms with Gasteiger partial charge in [-0.1, -0.05) is 41.9 Å². The van der Waals surface area contributed by atoms with Crippen LogP contribution < -0.4 is 21.6 Å². The van der Waals surface area contributed by atoms with Crippen LogP contribution in [0.5, 0.6) is 0 Å². The molecule has 4 rings (SSSR count). The fourth-order valence-electron chi connectivity index (χ4n) is 3.61. The number of likely N-dealkylation sites (tertiary alicyclic amines) is 1. The summed E-state index contributed by atoms with van der Waals surface area (Å²) in [6.45, 7) is 1.03. The number of halogens is 1. The minimum absolute atomic E-state index is 0.0255. The van der Waals surface area contributed by atoms with Crippen LogP contribution in [0, 0.1) is 0 Å². The molecular formula is C18H22FN6O3S+. The van der Waals surface area contributed by atoms with E-state index in [1.165, 1.54) is 11.6 Å². The fraction of sp³-hybridized carbons (Fsp3) is 0.278. The lowest BCUT2D eigenvalue weighted by molar-refractivity contribution is -0.713. The third kappa shape index (κ3) is 4.15. The standard InChI is InChI=1S/C18H21FN6O3S/c19-14-9-25(10-15(14)26)8-11-4-6-12(7-5-11)13-2-1-3-16(29(20,27)28)17(13)18-21-23-24-22-18/h1-7,14-15,23-24,26H,8-10H2,(H,21,22)(H2,20,27,28)/p+1. The number of primary sulfonamides is 1. The van der Waals surface area contributed by atoms with E-state index in [4.69, 9.17) is 5.14 Å². The van der Waals surface area contributed by atoms with Crippen molar-refractivity contribution < 1.29 is 23.4 Å². The Labute approximate surface area is 167 Å². The number of nitrogens with zero attached hydrogens (tertiary/aromatic N) is 2. The Morgan fingerprint density at radius 1 is 1.24 bits per heavy atom. The van der Waals surface area contributed by atoms with Gasteiger partial charge in [0.1, 0.15) is 6.17 Å². The molecular weight excluding hydrogens is 399 g/mol. The van der Waals surface area contributed by atoms with E-state index in [1.54, 1.807) is 12.1 Å². The first-order valence-corrected chi connectivity index (χ1v) is 10.6. The molecule has 0 spiro atoms. The number of aliphatic hydroxyl groups is 1. The van der Waals surface area contributed by atoms with Crippen molar-refractivity contribution in [2.75, 3.05) is 13.1 Å². The summed E-state index contributed by atoms with van der Waals surface area (Å²) >= 11 is 0. The van der Waals surface area contributed by atoms with E-state index in [2.05, 4.69) is 16.1 Å². The highest BCUT2D eigenvalue weighted by atomic mass is 32.2. The smallest absolute Gasteiger partial charge is 0.238 e. The van der Waals surface area contributed by atoms with Crippen molar-refractivity contribution >= 4 is 15.9 Å². The number of alkyl halides is 1. The van der Waals surface area contributed by atoms with Crippen LogP contribution in [-0.2, 0) is 16.6 Å². The average molecular weight is 421 g/mol. The van der Waals surface area contributed by atoms with Gasteiger partial charge in [0.25, 0.3) is 0 Å². The molecule has 11 heteroatoms. The lowest BCUT2D eigenvalue weighted by atomic mass is 9.98. The predicted molar refractivity (Wildman–Crippen MR) is 104 cm³/mol. The zero-order valence-corrected chi connectivity index (χ0v) is 16.2. The number of hydrazine groups is 1. The van der Waals surface area contributed by atoms with Crippen LogP contribution in [-0.4, -0.2) is 49.6 Å². The van der Waals surface area contributed by atoms with E-state index in [1.807, 2.05) is 29.2 Å². The Balaban J connectivity index is 1.66. The molecule has 2 aromatic rings. The maximum atomic E-state index is 13.5. The maximum absolute atomic E-state index is 13.5. The normalized spacial score (nSPS) is 22.5. The molecule has 7 N–H and O–H groups in total. The van der Waals surface area contributed by atoms with Crippen molar-refractivity contribution in [3.8, 4) is 11.1 Å². The first-order chi connectivity index (χ1) is 13.8. The van der Waals surface area contributed by atoms with Gasteiger partial charge in [-0.2, -0.15) is 0 Å². The second-order valence-corrected chi connectivity index (χ2v) is 8.60.